The first-order chi connectivity index (χ1) is 21.9. The molecular weight excluding hydrogens is 578 g/mol. The van der Waals surface area contributed by atoms with Crippen molar-refractivity contribution in [2.24, 2.45) is 0 Å². The number of hydrogen-bond donors (Lipinski definition) is 1. The number of rotatable bonds is 10. The van der Waals surface area contributed by atoms with Gasteiger partial charge in [-0.2, -0.15) is 9.97 Å². The number of anilines is 2. The summed E-state index contributed by atoms with van der Waals surface area (Å²) in [6.45, 7) is 9.42. The van der Waals surface area contributed by atoms with Gasteiger partial charge >= 0.3 is 0 Å². The fourth-order valence-corrected chi connectivity index (χ4v) is 6.29. The molecule has 1 amide bonds. The number of para-hydroxylation sites is 2. The first-order valence-corrected chi connectivity index (χ1v) is 15.7. The number of alkyl halides is 2. The zero-order valence-corrected chi connectivity index (χ0v) is 25.8. The van der Waals surface area contributed by atoms with E-state index in [0.29, 0.717) is 62.3 Å². The fraction of sp³-hybridized carbons (Fsp3) is 0.455. The highest BCUT2D eigenvalue weighted by Gasteiger charge is 2.30. The molecule has 0 spiro atoms. The smallest absolute Gasteiger partial charge is 0.296 e. The third-order valence-electron chi connectivity index (χ3n) is 8.69. The molecule has 2 aromatic carbocycles. The molecule has 0 unspecified atom stereocenters. The topological polar surface area (TPSA) is 91.7 Å². The van der Waals surface area contributed by atoms with Crippen LogP contribution in [0.1, 0.15) is 44.5 Å². The first-order valence-electron chi connectivity index (χ1n) is 15.7. The Labute approximate surface area is 262 Å². The second-order valence-electron chi connectivity index (χ2n) is 11.6. The van der Waals surface area contributed by atoms with E-state index in [9.17, 15) is 13.6 Å². The Morgan fingerprint density at radius 3 is 2.38 bits per heavy atom. The minimum atomic E-state index is -2.81. The molecule has 1 N–H and O–H groups in total. The molecule has 238 valence electrons. The number of nitrogens with one attached hydrogen (secondary N) is 1. The van der Waals surface area contributed by atoms with E-state index in [2.05, 4.69) is 51.4 Å². The summed E-state index contributed by atoms with van der Waals surface area (Å²) in [6, 6.07) is 19.0. The molecule has 2 aliphatic heterocycles. The van der Waals surface area contributed by atoms with E-state index >= 15 is 0 Å². The second kappa shape index (κ2) is 13.9. The van der Waals surface area contributed by atoms with Crippen molar-refractivity contribution in [2.45, 2.75) is 51.7 Å². The molecule has 2 fully saturated rings. The molecule has 1 atom stereocenters. The van der Waals surface area contributed by atoms with Gasteiger partial charge in [0.2, 0.25) is 11.9 Å². The van der Waals surface area contributed by atoms with Crippen molar-refractivity contribution in [3.05, 3.63) is 72.1 Å². The van der Waals surface area contributed by atoms with Gasteiger partial charge in [0.15, 0.2) is 5.82 Å². The standard InChI is InChI=1S/C33H40F2N8O2/c1-3-40(22-24-9-5-4-6-10-24)25-13-15-42(16-14-25)32(44)23(2)36-33-38-28(41-17-19-45-20-18-41)21-29(39-33)43-27-12-8-7-11-26(27)37-31(43)30(34)35/h4-12,21,23,25,30H,3,13-20,22H2,1-2H3,(H,36,38,39)/t23-/m0/s1. The number of amides is 1. The van der Waals surface area contributed by atoms with Gasteiger partial charge in [0.25, 0.3) is 6.43 Å². The highest BCUT2D eigenvalue weighted by molar-refractivity contribution is 5.84. The van der Waals surface area contributed by atoms with Crippen LogP contribution in [0.25, 0.3) is 16.9 Å². The van der Waals surface area contributed by atoms with Crippen LogP contribution in [0.2, 0.25) is 0 Å². The Morgan fingerprint density at radius 1 is 0.978 bits per heavy atom. The van der Waals surface area contributed by atoms with E-state index in [-0.39, 0.29) is 17.7 Å². The molecule has 0 radical (unpaired) electrons. The van der Waals surface area contributed by atoms with Gasteiger partial charge in [-0.1, -0.05) is 49.4 Å². The van der Waals surface area contributed by atoms with Gasteiger partial charge in [-0.3, -0.25) is 14.3 Å². The molecule has 2 saturated heterocycles. The average Bonchev–Trinajstić information content (AvgIpc) is 3.48. The zero-order chi connectivity index (χ0) is 31.3. The van der Waals surface area contributed by atoms with Gasteiger partial charge < -0.3 is 19.9 Å². The number of benzene rings is 2. The van der Waals surface area contributed by atoms with E-state index in [0.717, 1.165) is 25.9 Å². The van der Waals surface area contributed by atoms with Gasteiger partial charge in [-0.05, 0) is 44.0 Å². The normalized spacial score (nSPS) is 16.9. The van der Waals surface area contributed by atoms with Crippen LogP contribution >= 0.6 is 0 Å². The summed E-state index contributed by atoms with van der Waals surface area (Å²) in [5, 5.41) is 3.19. The van der Waals surface area contributed by atoms with Crippen LogP contribution in [0.5, 0.6) is 0 Å². The van der Waals surface area contributed by atoms with E-state index < -0.39 is 18.3 Å². The van der Waals surface area contributed by atoms with Crippen molar-refractivity contribution in [2.75, 3.05) is 56.2 Å². The van der Waals surface area contributed by atoms with Crippen molar-refractivity contribution in [1.82, 2.24) is 29.3 Å². The van der Waals surface area contributed by atoms with Crippen LogP contribution in [0.4, 0.5) is 20.5 Å². The van der Waals surface area contributed by atoms with Crippen molar-refractivity contribution in [1.29, 1.82) is 0 Å². The molecule has 2 aliphatic rings. The third-order valence-corrected chi connectivity index (χ3v) is 8.69. The lowest BCUT2D eigenvalue weighted by atomic mass is 10.0. The zero-order valence-electron chi connectivity index (χ0n) is 25.8. The molecule has 10 nitrogen and oxygen atoms in total. The molecule has 2 aromatic heterocycles. The number of likely N-dealkylation sites (tertiary alicyclic amines) is 1. The summed E-state index contributed by atoms with van der Waals surface area (Å²) in [6.07, 6.45) is -1.01. The molecule has 6 rings (SSSR count). The summed E-state index contributed by atoms with van der Waals surface area (Å²) in [4.78, 5) is 33.6. The Kier molecular flexibility index (Phi) is 9.50. The van der Waals surface area contributed by atoms with Gasteiger partial charge in [0, 0.05) is 44.8 Å². The van der Waals surface area contributed by atoms with E-state index in [1.54, 1.807) is 37.3 Å². The summed E-state index contributed by atoms with van der Waals surface area (Å²) in [7, 11) is 0. The van der Waals surface area contributed by atoms with Gasteiger partial charge in [0.1, 0.15) is 17.7 Å². The van der Waals surface area contributed by atoms with E-state index in [4.69, 9.17) is 9.72 Å². The van der Waals surface area contributed by atoms with Crippen molar-refractivity contribution < 1.29 is 18.3 Å². The maximum absolute atomic E-state index is 14.2. The Morgan fingerprint density at radius 2 is 1.67 bits per heavy atom. The molecular formula is C33H40F2N8O2. The Hall–Kier alpha value is -4.16. The number of morpholine rings is 1. The maximum atomic E-state index is 14.2. The number of halogens is 2. The molecule has 4 aromatic rings. The fourth-order valence-electron chi connectivity index (χ4n) is 6.29. The quantitative estimate of drug-likeness (QED) is 0.268. The minimum absolute atomic E-state index is 0.0390. The number of nitrogens with zero attached hydrogens (tertiary/aromatic N) is 7. The number of imidazole rings is 1. The molecule has 45 heavy (non-hydrogen) atoms. The number of aromatic nitrogens is 4. The number of carbonyl (C=O) groups is 1. The lowest BCUT2D eigenvalue weighted by Gasteiger charge is -2.39. The maximum Gasteiger partial charge on any atom is 0.296 e. The highest BCUT2D eigenvalue weighted by Crippen LogP contribution is 2.29. The summed E-state index contributed by atoms with van der Waals surface area (Å²) in [5.41, 5.74) is 2.26. The van der Waals surface area contributed by atoms with Crippen molar-refractivity contribution in [3.8, 4) is 5.82 Å². The number of carbonyl (C=O) groups excluding carboxylic acids is 1. The lowest BCUT2D eigenvalue weighted by molar-refractivity contribution is -0.133. The summed E-state index contributed by atoms with van der Waals surface area (Å²) < 4.78 is 35.3. The largest absolute Gasteiger partial charge is 0.378 e. The van der Waals surface area contributed by atoms with E-state index in [1.165, 1.54) is 10.1 Å². The van der Waals surface area contributed by atoms with Crippen LogP contribution in [-0.2, 0) is 16.1 Å². The number of hydrogen-bond acceptors (Lipinski definition) is 8. The predicted octanol–water partition coefficient (Wildman–Crippen LogP) is 4.90. The molecule has 0 bridgehead atoms. The van der Waals surface area contributed by atoms with Crippen LogP contribution < -0.4 is 10.2 Å². The van der Waals surface area contributed by atoms with Gasteiger partial charge in [-0.15, -0.1) is 0 Å². The molecule has 4 heterocycles. The van der Waals surface area contributed by atoms with Gasteiger partial charge in [-0.25, -0.2) is 13.8 Å². The molecule has 12 heteroatoms. The highest BCUT2D eigenvalue weighted by atomic mass is 19.3. The van der Waals surface area contributed by atoms with Crippen LogP contribution in [0.3, 0.4) is 0 Å². The van der Waals surface area contributed by atoms with E-state index in [1.807, 2.05) is 15.9 Å². The average molecular weight is 619 g/mol. The summed E-state index contributed by atoms with van der Waals surface area (Å²) in [5.74, 6) is 0.596. The van der Waals surface area contributed by atoms with Crippen molar-refractivity contribution in [3.63, 3.8) is 0 Å². The molecule has 0 aliphatic carbocycles. The number of ether oxygens (including phenoxy) is 1. The Balaban J connectivity index is 1.20. The van der Waals surface area contributed by atoms with Crippen LogP contribution in [0.15, 0.2) is 60.7 Å². The minimum Gasteiger partial charge on any atom is -0.378 e. The third kappa shape index (κ3) is 6.91. The number of fused-ring (bicyclic) bond motifs is 1. The Bertz CT molecular complexity index is 1590. The summed E-state index contributed by atoms with van der Waals surface area (Å²) >= 11 is 0. The first kappa shape index (κ1) is 30.8. The second-order valence-corrected chi connectivity index (χ2v) is 11.6. The predicted molar refractivity (Wildman–Crippen MR) is 170 cm³/mol. The lowest BCUT2D eigenvalue weighted by Crippen LogP contribution is -2.50. The van der Waals surface area contributed by atoms with Gasteiger partial charge in [0.05, 0.1) is 24.2 Å². The van der Waals surface area contributed by atoms with Crippen LogP contribution in [0, 0.1) is 0 Å². The monoisotopic (exact) mass is 618 g/mol. The van der Waals surface area contributed by atoms with Crippen LogP contribution in [-0.4, -0.2) is 93.2 Å². The number of piperidine rings is 1. The molecule has 0 saturated carbocycles. The SMILES string of the molecule is CCN(Cc1ccccc1)C1CCN(C(=O)[C@H](C)Nc2nc(N3CCOCC3)cc(-n3c(C(F)F)nc4ccccc43)n2)CC1. The van der Waals surface area contributed by atoms with Crippen molar-refractivity contribution >= 4 is 28.7 Å².